The highest BCUT2D eigenvalue weighted by Gasteiger charge is 2.20. The molecule has 0 saturated carbocycles. The molecule has 0 radical (unpaired) electrons. The minimum absolute atomic E-state index is 0.182. The zero-order valence-electron chi connectivity index (χ0n) is 19.0. The van der Waals surface area contributed by atoms with Gasteiger partial charge in [0.25, 0.3) is 11.1 Å². The van der Waals surface area contributed by atoms with Crippen LogP contribution in [0.4, 0.5) is 4.39 Å². The molecule has 0 bridgehead atoms. The number of halogens is 1. The van der Waals surface area contributed by atoms with Crippen LogP contribution in [-0.4, -0.2) is 19.5 Å². The standard InChI is InChI=1S/C25H21FN4O2S2/c1-12-9-10-16(11-18(12)26)30-24(32)17-7-5-6-8-19(17)27-25(30)34-15(4)21-28-22(31)20-13(2)14(3)33-23(20)29-21/h5-11,15H,1-4H3,(H,28,29,31). The number of hydrogen-bond donors (Lipinski definition) is 1. The van der Waals surface area contributed by atoms with Crippen molar-refractivity contribution in [3.05, 3.63) is 90.8 Å². The van der Waals surface area contributed by atoms with E-state index in [0.717, 1.165) is 10.4 Å². The van der Waals surface area contributed by atoms with E-state index in [1.807, 2.05) is 26.8 Å². The van der Waals surface area contributed by atoms with Gasteiger partial charge in [-0.15, -0.1) is 11.3 Å². The molecule has 0 spiro atoms. The number of thioether (sulfide) groups is 1. The van der Waals surface area contributed by atoms with Crippen molar-refractivity contribution >= 4 is 44.2 Å². The number of nitrogens with one attached hydrogen (secondary N) is 1. The Kier molecular flexibility index (Phi) is 5.61. The van der Waals surface area contributed by atoms with E-state index in [1.165, 1.54) is 33.7 Å². The van der Waals surface area contributed by atoms with Crippen LogP contribution in [0.3, 0.4) is 0 Å². The summed E-state index contributed by atoms with van der Waals surface area (Å²) in [5.74, 6) is 0.0919. The number of fused-ring (bicyclic) bond motifs is 2. The lowest BCUT2D eigenvalue weighted by Crippen LogP contribution is -2.22. The first kappa shape index (κ1) is 22.5. The zero-order chi connectivity index (χ0) is 24.1. The molecule has 1 N–H and O–H groups in total. The second-order valence-corrected chi connectivity index (χ2v) is 10.7. The van der Waals surface area contributed by atoms with Crippen molar-refractivity contribution < 1.29 is 4.39 Å². The van der Waals surface area contributed by atoms with Gasteiger partial charge in [-0.1, -0.05) is 30.0 Å². The maximum atomic E-state index is 14.4. The molecular formula is C25H21FN4O2S2. The number of H-pyrrole nitrogens is 1. The first-order valence-electron chi connectivity index (χ1n) is 10.7. The number of aromatic amines is 1. The quantitative estimate of drug-likeness (QED) is 0.261. The lowest BCUT2D eigenvalue weighted by atomic mass is 10.2. The van der Waals surface area contributed by atoms with Gasteiger partial charge in [-0.3, -0.25) is 14.2 Å². The highest BCUT2D eigenvalue weighted by Crippen LogP contribution is 2.35. The first-order valence-corrected chi connectivity index (χ1v) is 12.4. The third-order valence-electron chi connectivity index (χ3n) is 5.88. The first-order chi connectivity index (χ1) is 16.2. The SMILES string of the molecule is Cc1ccc(-n2c(SC(C)c3nc4sc(C)c(C)c4c(=O)[nH]3)nc3ccccc3c2=O)cc1F. The van der Waals surface area contributed by atoms with Gasteiger partial charge in [0.1, 0.15) is 16.5 Å². The molecule has 6 nitrogen and oxygen atoms in total. The van der Waals surface area contributed by atoms with Crippen LogP contribution in [0.25, 0.3) is 26.8 Å². The van der Waals surface area contributed by atoms with Crippen molar-refractivity contribution in [1.82, 2.24) is 19.5 Å². The monoisotopic (exact) mass is 492 g/mol. The number of aryl methyl sites for hydroxylation is 3. The van der Waals surface area contributed by atoms with Crippen LogP contribution in [0.1, 0.15) is 34.0 Å². The predicted octanol–water partition coefficient (Wildman–Crippen LogP) is 5.60. The molecule has 5 aromatic rings. The van der Waals surface area contributed by atoms with E-state index >= 15 is 0 Å². The molecule has 0 aliphatic carbocycles. The van der Waals surface area contributed by atoms with Gasteiger partial charge in [0.2, 0.25) is 0 Å². The summed E-state index contributed by atoms with van der Waals surface area (Å²) in [5.41, 5.74) is 1.90. The van der Waals surface area contributed by atoms with Gasteiger partial charge in [0.15, 0.2) is 5.16 Å². The molecule has 172 valence electrons. The van der Waals surface area contributed by atoms with E-state index < -0.39 is 5.82 Å². The second kappa shape index (κ2) is 8.48. The lowest BCUT2D eigenvalue weighted by molar-refractivity contribution is 0.615. The summed E-state index contributed by atoms with van der Waals surface area (Å²) in [6.07, 6.45) is 0. The Morgan fingerprint density at radius 1 is 1.09 bits per heavy atom. The van der Waals surface area contributed by atoms with Gasteiger partial charge in [-0.25, -0.2) is 14.4 Å². The molecule has 1 atom stereocenters. The fraction of sp³-hybridized carbons (Fsp3) is 0.200. The number of nitrogens with zero attached hydrogens (tertiary/aromatic N) is 3. The van der Waals surface area contributed by atoms with Gasteiger partial charge in [0.05, 0.1) is 27.2 Å². The average Bonchev–Trinajstić information content (AvgIpc) is 3.10. The van der Waals surface area contributed by atoms with Gasteiger partial charge in [-0.2, -0.15) is 0 Å². The number of benzene rings is 2. The Morgan fingerprint density at radius 2 is 1.85 bits per heavy atom. The Morgan fingerprint density at radius 3 is 2.62 bits per heavy atom. The molecule has 2 aromatic carbocycles. The molecular weight excluding hydrogens is 471 g/mol. The molecule has 34 heavy (non-hydrogen) atoms. The van der Waals surface area contributed by atoms with Crippen LogP contribution < -0.4 is 11.1 Å². The molecule has 5 rings (SSSR count). The second-order valence-electron chi connectivity index (χ2n) is 8.16. The molecule has 0 fully saturated rings. The Bertz CT molecular complexity index is 1700. The minimum Gasteiger partial charge on any atom is -0.309 e. The highest BCUT2D eigenvalue weighted by atomic mass is 32.2. The van der Waals surface area contributed by atoms with Gasteiger partial charge in [0, 0.05) is 4.88 Å². The molecule has 3 heterocycles. The van der Waals surface area contributed by atoms with Crippen LogP contribution in [0.2, 0.25) is 0 Å². The number of rotatable bonds is 4. The van der Waals surface area contributed by atoms with Gasteiger partial charge >= 0.3 is 0 Å². The van der Waals surface area contributed by atoms with Crippen LogP contribution in [0, 0.1) is 26.6 Å². The maximum Gasteiger partial charge on any atom is 0.266 e. The van der Waals surface area contributed by atoms with E-state index in [2.05, 4.69) is 4.98 Å². The van der Waals surface area contributed by atoms with E-state index in [1.54, 1.807) is 37.3 Å². The van der Waals surface area contributed by atoms with Crippen molar-refractivity contribution in [2.75, 3.05) is 0 Å². The lowest BCUT2D eigenvalue weighted by Gasteiger charge is -2.16. The maximum absolute atomic E-state index is 14.4. The van der Waals surface area contributed by atoms with Crippen molar-refractivity contribution in [3.63, 3.8) is 0 Å². The van der Waals surface area contributed by atoms with Crippen molar-refractivity contribution in [3.8, 4) is 5.69 Å². The smallest absolute Gasteiger partial charge is 0.266 e. The summed E-state index contributed by atoms with van der Waals surface area (Å²) >= 11 is 2.77. The number of para-hydroxylation sites is 1. The third kappa shape index (κ3) is 3.74. The Hall–Kier alpha value is -3.30. The van der Waals surface area contributed by atoms with Crippen LogP contribution in [0.15, 0.2) is 57.2 Å². The van der Waals surface area contributed by atoms with E-state index in [4.69, 9.17) is 9.97 Å². The van der Waals surface area contributed by atoms with Crippen LogP contribution in [-0.2, 0) is 0 Å². The van der Waals surface area contributed by atoms with Crippen molar-refractivity contribution in [1.29, 1.82) is 0 Å². The Labute approximate surface area is 202 Å². The van der Waals surface area contributed by atoms with E-state index in [0.29, 0.717) is 43.4 Å². The van der Waals surface area contributed by atoms with Gasteiger partial charge in [-0.05, 0) is 63.1 Å². The third-order valence-corrected chi connectivity index (χ3v) is 8.05. The summed E-state index contributed by atoms with van der Waals surface area (Å²) in [5, 5.41) is 1.12. The topological polar surface area (TPSA) is 80.6 Å². The molecule has 0 aliphatic rings. The number of aromatic nitrogens is 4. The average molecular weight is 493 g/mol. The van der Waals surface area contributed by atoms with E-state index in [9.17, 15) is 14.0 Å². The summed E-state index contributed by atoms with van der Waals surface area (Å²) in [4.78, 5) is 40.3. The molecule has 0 aliphatic heterocycles. The van der Waals surface area contributed by atoms with Crippen LogP contribution >= 0.6 is 23.1 Å². The summed E-state index contributed by atoms with van der Waals surface area (Å²) in [6.45, 7) is 7.45. The Balaban J connectivity index is 1.66. The molecule has 1 unspecified atom stereocenters. The molecule has 9 heteroatoms. The summed E-state index contributed by atoms with van der Waals surface area (Å²) < 4.78 is 15.8. The normalized spacial score (nSPS) is 12.5. The largest absolute Gasteiger partial charge is 0.309 e. The van der Waals surface area contributed by atoms with Crippen molar-refractivity contribution in [2.24, 2.45) is 0 Å². The zero-order valence-corrected chi connectivity index (χ0v) is 20.6. The summed E-state index contributed by atoms with van der Waals surface area (Å²) in [7, 11) is 0. The van der Waals surface area contributed by atoms with Gasteiger partial charge < -0.3 is 4.98 Å². The van der Waals surface area contributed by atoms with Crippen molar-refractivity contribution in [2.45, 2.75) is 38.1 Å². The minimum atomic E-state index is -0.401. The van der Waals surface area contributed by atoms with Crippen LogP contribution in [0.5, 0.6) is 0 Å². The highest BCUT2D eigenvalue weighted by molar-refractivity contribution is 7.99. The fourth-order valence-electron chi connectivity index (χ4n) is 3.82. The number of hydrogen-bond acceptors (Lipinski definition) is 6. The van der Waals surface area contributed by atoms with E-state index in [-0.39, 0.29) is 16.4 Å². The summed E-state index contributed by atoms with van der Waals surface area (Å²) in [6, 6.07) is 11.7. The molecule has 0 saturated heterocycles. The molecule has 3 aromatic heterocycles. The molecule has 0 amide bonds. The number of thiophene rings is 1. The fourth-order valence-corrected chi connectivity index (χ4v) is 5.84. The predicted molar refractivity (Wildman–Crippen MR) is 136 cm³/mol.